The van der Waals surface area contributed by atoms with E-state index in [-0.39, 0.29) is 18.8 Å². The highest BCUT2D eigenvalue weighted by atomic mass is 32.2. The Hall–Kier alpha value is -3.33. The number of nitrogens with one attached hydrogen (secondary N) is 1. The van der Waals surface area contributed by atoms with Gasteiger partial charge in [0.25, 0.3) is 0 Å². The number of hydrogen-bond donors (Lipinski definition) is 1. The normalized spacial score (nSPS) is 17.8. The summed E-state index contributed by atoms with van der Waals surface area (Å²) >= 11 is 0. The molecule has 1 N–H and O–H groups in total. The van der Waals surface area contributed by atoms with Crippen LogP contribution in [0.15, 0.2) is 66.7 Å². The van der Waals surface area contributed by atoms with Crippen LogP contribution in [0.3, 0.4) is 0 Å². The van der Waals surface area contributed by atoms with Gasteiger partial charge in [-0.2, -0.15) is 13.2 Å². The lowest BCUT2D eigenvalue weighted by molar-refractivity contribution is -0.137. The van der Waals surface area contributed by atoms with Crippen LogP contribution in [0.1, 0.15) is 34.6 Å². The highest BCUT2D eigenvalue weighted by molar-refractivity contribution is 7.90. The van der Waals surface area contributed by atoms with Gasteiger partial charge in [-0.3, -0.25) is 9.52 Å². The summed E-state index contributed by atoms with van der Waals surface area (Å²) in [6.07, 6.45) is -4.28. The number of sulfonamides is 1. The van der Waals surface area contributed by atoms with E-state index in [0.29, 0.717) is 16.9 Å². The lowest BCUT2D eigenvalue weighted by Gasteiger charge is -2.22. The maximum absolute atomic E-state index is 12.9. The molecule has 0 bridgehead atoms. The van der Waals surface area contributed by atoms with Gasteiger partial charge in [0.05, 0.1) is 11.3 Å². The van der Waals surface area contributed by atoms with Crippen LogP contribution in [-0.2, 0) is 27.6 Å². The average Bonchev–Trinajstić information content (AvgIpc) is 2.76. The van der Waals surface area contributed by atoms with Gasteiger partial charge >= 0.3 is 6.18 Å². The molecule has 4 rings (SSSR count). The quantitative estimate of drug-likeness (QED) is 0.535. The lowest BCUT2D eigenvalue weighted by atomic mass is 9.97. The molecule has 1 fully saturated rings. The Morgan fingerprint density at radius 1 is 1.03 bits per heavy atom. The molecule has 1 atom stereocenters. The maximum atomic E-state index is 12.9. The second-order valence-electron chi connectivity index (χ2n) is 8.29. The standard InChI is InChI=1S/C25H22F3NO4S/c1-16-11-21(25(26,27)28)7-10-23(16)19-4-2-3-17(12-19)14-33-22-8-5-18(6-9-22)20-13-24(30)29-34(31,32)15-20/h2-12,20H,13-15H2,1H3,(H,29,30). The Morgan fingerprint density at radius 3 is 2.41 bits per heavy atom. The molecule has 0 aromatic heterocycles. The highest BCUT2D eigenvalue weighted by Crippen LogP contribution is 2.33. The Kier molecular flexibility index (Phi) is 6.40. The van der Waals surface area contributed by atoms with Crippen molar-refractivity contribution in [3.63, 3.8) is 0 Å². The molecule has 178 valence electrons. The monoisotopic (exact) mass is 489 g/mol. The number of ether oxygens (including phenoxy) is 1. The molecule has 5 nitrogen and oxygen atoms in total. The summed E-state index contributed by atoms with van der Waals surface area (Å²) < 4.78 is 70.2. The molecule has 34 heavy (non-hydrogen) atoms. The van der Waals surface area contributed by atoms with Crippen molar-refractivity contribution in [3.8, 4) is 16.9 Å². The lowest BCUT2D eigenvalue weighted by Crippen LogP contribution is -2.40. The number of hydrogen-bond acceptors (Lipinski definition) is 4. The van der Waals surface area contributed by atoms with Gasteiger partial charge < -0.3 is 4.74 Å². The van der Waals surface area contributed by atoms with E-state index in [9.17, 15) is 26.4 Å². The first-order valence-electron chi connectivity index (χ1n) is 10.5. The van der Waals surface area contributed by atoms with Crippen LogP contribution >= 0.6 is 0 Å². The number of aryl methyl sites for hydroxylation is 1. The minimum absolute atomic E-state index is 0.107. The zero-order valence-electron chi connectivity index (χ0n) is 18.2. The fourth-order valence-corrected chi connectivity index (χ4v) is 5.37. The maximum Gasteiger partial charge on any atom is 0.416 e. The van der Waals surface area contributed by atoms with Crippen LogP contribution in [-0.4, -0.2) is 20.1 Å². The molecule has 0 saturated carbocycles. The molecule has 0 radical (unpaired) electrons. The fraction of sp³-hybridized carbons (Fsp3) is 0.240. The summed E-state index contributed by atoms with van der Waals surface area (Å²) in [5.74, 6) is -0.492. The second kappa shape index (κ2) is 9.13. The van der Waals surface area contributed by atoms with E-state index in [1.807, 2.05) is 29.0 Å². The number of rotatable bonds is 5. The van der Waals surface area contributed by atoms with Crippen molar-refractivity contribution >= 4 is 15.9 Å². The number of alkyl halides is 3. The first-order valence-corrected chi connectivity index (χ1v) is 12.2. The molecule has 1 heterocycles. The molecule has 0 spiro atoms. The summed E-state index contributed by atoms with van der Waals surface area (Å²) in [4.78, 5) is 11.6. The van der Waals surface area contributed by atoms with Crippen molar-refractivity contribution in [1.29, 1.82) is 0 Å². The molecule has 1 amide bonds. The van der Waals surface area contributed by atoms with E-state index >= 15 is 0 Å². The topological polar surface area (TPSA) is 72.5 Å². The van der Waals surface area contributed by atoms with Gasteiger partial charge in [0, 0.05) is 12.3 Å². The molecule has 9 heteroatoms. The Morgan fingerprint density at radius 2 is 1.76 bits per heavy atom. The SMILES string of the molecule is Cc1cc(C(F)(F)F)ccc1-c1cccc(COc2ccc(C3CC(=O)NS(=O)(=O)C3)cc2)c1. The van der Waals surface area contributed by atoms with Gasteiger partial charge in [-0.05, 0) is 65.1 Å². The first kappa shape index (κ1) is 23.8. The molecular weight excluding hydrogens is 467 g/mol. The van der Waals surface area contributed by atoms with Crippen LogP contribution in [0, 0.1) is 6.92 Å². The van der Waals surface area contributed by atoms with Crippen LogP contribution in [0.5, 0.6) is 5.75 Å². The van der Waals surface area contributed by atoms with Crippen molar-refractivity contribution in [2.75, 3.05) is 5.75 Å². The molecule has 3 aromatic rings. The number of halogens is 3. The van der Waals surface area contributed by atoms with E-state index in [4.69, 9.17) is 4.74 Å². The van der Waals surface area contributed by atoms with Gasteiger partial charge in [0.2, 0.25) is 15.9 Å². The van der Waals surface area contributed by atoms with E-state index < -0.39 is 33.6 Å². The van der Waals surface area contributed by atoms with Crippen molar-refractivity contribution in [2.24, 2.45) is 0 Å². The minimum Gasteiger partial charge on any atom is -0.489 e. The van der Waals surface area contributed by atoms with Gasteiger partial charge in [-0.15, -0.1) is 0 Å². The summed E-state index contributed by atoms with van der Waals surface area (Å²) in [5, 5.41) is 0. The third-order valence-corrected chi connectivity index (χ3v) is 7.05. The number of carbonyl (C=O) groups is 1. The first-order chi connectivity index (χ1) is 16.0. The van der Waals surface area contributed by atoms with Crippen LogP contribution in [0.4, 0.5) is 13.2 Å². The van der Waals surface area contributed by atoms with Gasteiger partial charge in [-0.25, -0.2) is 8.42 Å². The average molecular weight is 490 g/mol. The molecule has 1 aliphatic rings. The van der Waals surface area contributed by atoms with E-state index in [1.165, 1.54) is 6.07 Å². The van der Waals surface area contributed by atoms with Crippen molar-refractivity contribution in [2.45, 2.75) is 32.0 Å². The third-order valence-electron chi connectivity index (χ3n) is 5.67. The number of benzene rings is 3. The van der Waals surface area contributed by atoms with Crippen LogP contribution in [0.2, 0.25) is 0 Å². The van der Waals surface area contributed by atoms with Crippen molar-refractivity contribution < 1.29 is 31.1 Å². The third kappa shape index (κ3) is 5.59. The van der Waals surface area contributed by atoms with Gasteiger partial charge in [0.1, 0.15) is 12.4 Å². The van der Waals surface area contributed by atoms with E-state index in [2.05, 4.69) is 0 Å². The van der Waals surface area contributed by atoms with Crippen molar-refractivity contribution in [1.82, 2.24) is 4.72 Å². The highest BCUT2D eigenvalue weighted by Gasteiger charge is 2.31. The predicted molar refractivity (Wildman–Crippen MR) is 122 cm³/mol. The fourth-order valence-electron chi connectivity index (χ4n) is 4.01. The van der Waals surface area contributed by atoms with E-state index in [1.54, 1.807) is 31.2 Å². The number of amides is 1. The molecule has 1 aliphatic heterocycles. The Balaban J connectivity index is 1.44. The second-order valence-corrected chi connectivity index (χ2v) is 10.1. The zero-order valence-corrected chi connectivity index (χ0v) is 19.0. The summed E-state index contributed by atoms with van der Waals surface area (Å²) in [6, 6.07) is 18.0. The summed E-state index contributed by atoms with van der Waals surface area (Å²) in [6.45, 7) is 1.89. The molecular formula is C25H22F3NO4S. The van der Waals surface area contributed by atoms with Crippen LogP contribution < -0.4 is 9.46 Å². The van der Waals surface area contributed by atoms with Crippen molar-refractivity contribution in [3.05, 3.63) is 89.0 Å². The zero-order chi connectivity index (χ0) is 24.5. The van der Waals surface area contributed by atoms with Crippen LogP contribution in [0.25, 0.3) is 11.1 Å². The van der Waals surface area contributed by atoms with Gasteiger partial charge in [0.15, 0.2) is 0 Å². The largest absolute Gasteiger partial charge is 0.489 e. The van der Waals surface area contributed by atoms with E-state index in [0.717, 1.165) is 28.8 Å². The Bertz CT molecular complexity index is 1320. The minimum atomic E-state index is -4.38. The predicted octanol–water partition coefficient (Wildman–Crippen LogP) is 5.19. The summed E-state index contributed by atoms with van der Waals surface area (Å²) in [5.41, 5.74) is 2.94. The Labute approximate surface area is 195 Å². The molecule has 0 aliphatic carbocycles. The smallest absolute Gasteiger partial charge is 0.416 e. The molecule has 3 aromatic carbocycles. The van der Waals surface area contributed by atoms with Gasteiger partial charge in [-0.1, -0.05) is 36.4 Å². The molecule has 1 unspecified atom stereocenters. The summed E-state index contributed by atoms with van der Waals surface area (Å²) in [7, 11) is -3.61. The number of carbonyl (C=O) groups excluding carboxylic acids is 1. The molecule has 1 saturated heterocycles.